The largest absolute Gasteiger partial charge is 0.206 e. The fraction of sp³-hybridized carbons (Fsp3) is 0.273. The summed E-state index contributed by atoms with van der Waals surface area (Å²) in [5.74, 6) is -2.79. The molecule has 0 aliphatic carbocycles. The minimum absolute atomic E-state index is 0.0198. The zero-order valence-corrected chi connectivity index (χ0v) is 8.91. The normalized spacial score (nSPS) is 11.9. The lowest BCUT2D eigenvalue weighted by atomic mass is 10.1. The van der Waals surface area contributed by atoms with Crippen molar-refractivity contribution >= 4 is 17.7 Å². The Bertz CT molecular complexity index is 380. The van der Waals surface area contributed by atoms with Crippen LogP contribution in [0.1, 0.15) is 18.9 Å². The number of hydrogen-bond acceptors (Lipinski definition) is 0. The standard InChI is InChI=1S/C11H10ClF3/c1-2-7(6-12)3-8-4-10(14)11(15)5-9(8)13/h3-5H,2,6H2,1H3/b7-3-. The Kier molecular flexibility index (Phi) is 4.21. The molecule has 0 spiro atoms. The first-order valence-corrected chi connectivity index (χ1v) is 5.01. The van der Waals surface area contributed by atoms with Crippen LogP contribution in [0.2, 0.25) is 0 Å². The monoisotopic (exact) mass is 234 g/mol. The molecule has 0 amide bonds. The van der Waals surface area contributed by atoms with Gasteiger partial charge in [-0.25, -0.2) is 13.2 Å². The van der Waals surface area contributed by atoms with Crippen molar-refractivity contribution in [1.29, 1.82) is 0 Å². The molecule has 0 aliphatic heterocycles. The van der Waals surface area contributed by atoms with E-state index in [1.807, 2.05) is 6.92 Å². The predicted octanol–water partition coefficient (Wildman–Crippen LogP) is 4.14. The Labute approximate surface area is 91.4 Å². The van der Waals surface area contributed by atoms with Crippen LogP contribution in [0, 0.1) is 17.5 Å². The molecule has 15 heavy (non-hydrogen) atoms. The van der Waals surface area contributed by atoms with Crippen LogP contribution in [-0.2, 0) is 0 Å². The van der Waals surface area contributed by atoms with E-state index in [2.05, 4.69) is 0 Å². The Hall–Kier alpha value is -0.960. The topological polar surface area (TPSA) is 0 Å². The van der Waals surface area contributed by atoms with E-state index in [1.54, 1.807) is 0 Å². The summed E-state index contributed by atoms with van der Waals surface area (Å²) >= 11 is 5.58. The van der Waals surface area contributed by atoms with Gasteiger partial charge in [-0.05, 0) is 12.5 Å². The molecule has 0 fully saturated rings. The zero-order valence-electron chi connectivity index (χ0n) is 8.16. The van der Waals surface area contributed by atoms with Gasteiger partial charge in [0.1, 0.15) is 5.82 Å². The lowest BCUT2D eigenvalue weighted by molar-refractivity contribution is 0.494. The molecule has 0 radical (unpaired) electrons. The number of alkyl halides is 1. The fourth-order valence-electron chi connectivity index (χ4n) is 1.10. The van der Waals surface area contributed by atoms with Crippen LogP contribution >= 0.6 is 11.6 Å². The van der Waals surface area contributed by atoms with Gasteiger partial charge in [-0.15, -0.1) is 11.6 Å². The minimum Gasteiger partial charge on any atom is -0.206 e. The average Bonchev–Trinajstić information content (AvgIpc) is 2.21. The van der Waals surface area contributed by atoms with Crippen LogP contribution in [0.25, 0.3) is 6.08 Å². The van der Waals surface area contributed by atoms with Gasteiger partial charge in [0.2, 0.25) is 0 Å². The molecule has 82 valence electrons. The van der Waals surface area contributed by atoms with Crippen molar-refractivity contribution in [3.8, 4) is 0 Å². The van der Waals surface area contributed by atoms with Crippen molar-refractivity contribution in [1.82, 2.24) is 0 Å². The van der Waals surface area contributed by atoms with Gasteiger partial charge in [-0.3, -0.25) is 0 Å². The maximum Gasteiger partial charge on any atom is 0.161 e. The van der Waals surface area contributed by atoms with Gasteiger partial charge in [-0.1, -0.05) is 18.6 Å². The maximum absolute atomic E-state index is 13.2. The number of benzene rings is 1. The van der Waals surface area contributed by atoms with Crippen LogP contribution < -0.4 is 0 Å². The van der Waals surface area contributed by atoms with E-state index in [-0.39, 0.29) is 11.4 Å². The number of allylic oxidation sites excluding steroid dienone is 1. The first-order chi connectivity index (χ1) is 7.08. The van der Waals surface area contributed by atoms with Gasteiger partial charge in [0.05, 0.1) is 0 Å². The van der Waals surface area contributed by atoms with Crippen molar-refractivity contribution < 1.29 is 13.2 Å². The summed E-state index contributed by atoms with van der Waals surface area (Å²) in [5.41, 5.74) is 0.785. The van der Waals surface area contributed by atoms with E-state index in [0.717, 1.165) is 11.6 Å². The van der Waals surface area contributed by atoms with Crippen molar-refractivity contribution in [2.45, 2.75) is 13.3 Å². The average molecular weight is 235 g/mol. The number of hydrogen-bond donors (Lipinski definition) is 0. The van der Waals surface area contributed by atoms with Gasteiger partial charge >= 0.3 is 0 Å². The molecule has 0 nitrogen and oxygen atoms in total. The van der Waals surface area contributed by atoms with Crippen LogP contribution in [0.4, 0.5) is 13.2 Å². The van der Waals surface area contributed by atoms with Crippen LogP contribution in [-0.4, -0.2) is 5.88 Å². The Morgan fingerprint density at radius 3 is 2.33 bits per heavy atom. The molecule has 1 rings (SSSR count). The van der Waals surface area contributed by atoms with E-state index in [1.165, 1.54) is 6.08 Å². The van der Waals surface area contributed by atoms with Crippen molar-refractivity contribution in [2.75, 3.05) is 5.88 Å². The molecule has 0 aromatic heterocycles. The molecule has 0 unspecified atom stereocenters. The van der Waals surface area contributed by atoms with E-state index in [4.69, 9.17) is 11.6 Å². The van der Waals surface area contributed by atoms with Crippen LogP contribution in [0.3, 0.4) is 0 Å². The van der Waals surface area contributed by atoms with E-state index < -0.39 is 17.5 Å². The highest BCUT2D eigenvalue weighted by molar-refractivity contribution is 6.19. The smallest absolute Gasteiger partial charge is 0.161 e. The highest BCUT2D eigenvalue weighted by Gasteiger charge is 2.08. The second kappa shape index (κ2) is 5.21. The van der Waals surface area contributed by atoms with Gasteiger partial charge in [0.25, 0.3) is 0 Å². The first kappa shape index (κ1) is 12.1. The quantitative estimate of drug-likeness (QED) is 0.545. The SMILES string of the molecule is CC/C(=C/c1cc(F)c(F)cc1F)CCl. The summed E-state index contributed by atoms with van der Waals surface area (Å²) in [5, 5.41) is 0. The third-order valence-electron chi connectivity index (χ3n) is 2.02. The predicted molar refractivity (Wildman–Crippen MR) is 55.3 cm³/mol. The van der Waals surface area contributed by atoms with Gasteiger partial charge in [0.15, 0.2) is 11.6 Å². The zero-order chi connectivity index (χ0) is 11.4. The molecule has 0 heterocycles. The summed E-state index contributed by atoms with van der Waals surface area (Å²) in [6.45, 7) is 1.85. The molecule has 0 saturated heterocycles. The molecule has 0 N–H and O–H groups in total. The van der Waals surface area contributed by atoms with Gasteiger partial charge < -0.3 is 0 Å². The number of halogens is 4. The molecule has 0 atom stereocenters. The minimum atomic E-state index is -1.19. The molecule has 4 heteroatoms. The van der Waals surface area contributed by atoms with Gasteiger partial charge in [0, 0.05) is 17.5 Å². The molecular weight excluding hydrogens is 225 g/mol. The van der Waals surface area contributed by atoms with E-state index in [0.29, 0.717) is 12.5 Å². The lowest BCUT2D eigenvalue weighted by Gasteiger charge is -2.02. The second-order valence-corrected chi connectivity index (χ2v) is 3.34. The first-order valence-electron chi connectivity index (χ1n) is 4.48. The van der Waals surface area contributed by atoms with E-state index >= 15 is 0 Å². The highest BCUT2D eigenvalue weighted by atomic mass is 35.5. The summed E-state index contributed by atoms with van der Waals surface area (Å²) in [7, 11) is 0. The van der Waals surface area contributed by atoms with Gasteiger partial charge in [-0.2, -0.15) is 0 Å². The molecule has 1 aromatic rings. The summed E-state index contributed by atoms with van der Waals surface area (Å²) in [4.78, 5) is 0. The lowest BCUT2D eigenvalue weighted by Crippen LogP contribution is -1.92. The Balaban J connectivity index is 3.15. The van der Waals surface area contributed by atoms with Crippen molar-refractivity contribution in [2.24, 2.45) is 0 Å². The third kappa shape index (κ3) is 2.99. The van der Waals surface area contributed by atoms with Crippen LogP contribution in [0.15, 0.2) is 17.7 Å². The molecule has 0 saturated carbocycles. The summed E-state index contributed by atoms with van der Waals surface area (Å²) in [6, 6.07) is 1.36. The maximum atomic E-state index is 13.2. The number of rotatable bonds is 3. The molecule has 0 aliphatic rings. The summed E-state index contributed by atoms with van der Waals surface area (Å²) < 4.78 is 38.6. The van der Waals surface area contributed by atoms with E-state index in [9.17, 15) is 13.2 Å². The highest BCUT2D eigenvalue weighted by Crippen LogP contribution is 2.18. The third-order valence-corrected chi connectivity index (χ3v) is 2.37. The molecule has 1 aromatic carbocycles. The Morgan fingerprint density at radius 1 is 1.20 bits per heavy atom. The fourth-order valence-corrected chi connectivity index (χ4v) is 1.37. The Morgan fingerprint density at radius 2 is 1.80 bits per heavy atom. The molecular formula is C11H10ClF3. The molecule has 0 bridgehead atoms. The summed E-state index contributed by atoms with van der Waals surface area (Å²) in [6.07, 6.45) is 2.08. The van der Waals surface area contributed by atoms with Crippen molar-refractivity contribution in [3.05, 3.63) is 40.7 Å². The second-order valence-electron chi connectivity index (χ2n) is 3.08. The van der Waals surface area contributed by atoms with Crippen LogP contribution in [0.5, 0.6) is 0 Å². The van der Waals surface area contributed by atoms with Crippen molar-refractivity contribution in [3.63, 3.8) is 0 Å².